The molecule has 1 heterocycles. The summed E-state index contributed by atoms with van der Waals surface area (Å²) in [6, 6.07) is 22.8. The summed E-state index contributed by atoms with van der Waals surface area (Å²) >= 11 is 0. The van der Waals surface area contributed by atoms with Gasteiger partial charge in [0.15, 0.2) is 0 Å². The first-order valence-corrected chi connectivity index (χ1v) is 6.68. The first-order chi connectivity index (χ1) is 9.83. The second-order valence-corrected chi connectivity index (χ2v) is 5.02. The highest BCUT2D eigenvalue weighted by Crippen LogP contribution is 2.32. The van der Waals surface area contributed by atoms with Gasteiger partial charge in [0.25, 0.3) is 0 Å². The largest absolute Gasteiger partial charge is 0.354 e. The van der Waals surface area contributed by atoms with Crippen molar-refractivity contribution in [1.29, 1.82) is 0 Å². The summed E-state index contributed by atoms with van der Waals surface area (Å²) < 4.78 is 0. The average molecular weight is 253 g/mol. The molecule has 0 amide bonds. The van der Waals surface area contributed by atoms with Crippen molar-refractivity contribution in [3.63, 3.8) is 0 Å². The minimum absolute atomic E-state index is 0.789. The van der Waals surface area contributed by atoms with Gasteiger partial charge in [-0.15, -0.1) is 0 Å². The highest BCUT2D eigenvalue weighted by atomic mass is 14.7. The van der Waals surface area contributed by atoms with E-state index in [0.717, 1.165) is 5.46 Å². The van der Waals surface area contributed by atoms with Gasteiger partial charge in [-0.25, -0.2) is 0 Å². The molecule has 4 rings (SSSR count). The molecule has 20 heavy (non-hydrogen) atoms. The van der Waals surface area contributed by atoms with Crippen molar-refractivity contribution < 1.29 is 0 Å². The van der Waals surface area contributed by atoms with E-state index in [0.29, 0.717) is 0 Å². The van der Waals surface area contributed by atoms with E-state index in [1.807, 2.05) is 12.1 Å². The van der Waals surface area contributed by atoms with Crippen molar-refractivity contribution in [3.05, 3.63) is 66.7 Å². The van der Waals surface area contributed by atoms with Gasteiger partial charge in [0.1, 0.15) is 7.85 Å². The van der Waals surface area contributed by atoms with Crippen LogP contribution in [0.2, 0.25) is 0 Å². The lowest BCUT2D eigenvalue weighted by Crippen LogP contribution is -1.99. The van der Waals surface area contributed by atoms with Crippen LogP contribution in [0.3, 0.4) is 0 Å². The summed E-state index contributed by atoms with van der Waals surface area (Å²) in [7, 11) is 5.77. The smallest absolute Gasteiger partial charge is 0.113 e. The number of rotatable bonds is 1. The van der Waals surface area contributed by atoms with E-state index in [1.54, 1.807) is 0 Å². The molecule has 0 fully saturated rings. The Balaban J connectivity index is 2.07. The lowest BCUT2D eigenvalue weighted by atomic mass is 9.93. The monoisotopic (exact) mass is 253 g/mol. The van der Waals surface area contributed by atoms with Crippen LogP contribution in [0.4, 0.5) is 0 Å². The Morgan fingerprint density at radius 2 is 1.45 bits per heavy atom. The maximum atomic E-state index is 5.77. The topological polar surface area (TPSA) is 15.8 Å². The summed E-state index contributed by atoms with van der Waals surface area (Å²) in [6.07, 6.45) is 0. The molecule has 0 saturated heterocycles. The van der Waals surface area contributed by atoms with E-state index >= 15 is 0 Å². The number of benzene rings is 3. The molecule has 0 spiro atoms. The summed E-state index contributed by atoms with van der Waals surface area (Å²) in [6.45, 7) is 0. The second-order valence-electron chi connectivity index (χ2n) is 5.02. The number of H-pyrrole nitrogens is 1. The molecule has 0 aliphatic heterocycles. The maximum absolute atomic E-state index is 5.77. The zero-order valence-electron chi connectivity index (χ0n) is 10.9. The predicted octanol–water partition coefficient (Wildman–Crippen LogP) is 3.78. The number of hydrogen-bond donors (Lipinski definition) is 1. The Morgan fingerprint density at radius 3 is 2.30 bits per heavy atom. The fraction of sp³-hybridized carbons (Fsp3) is 0. The van der Waals surface area contributed by atoms with Crippen molar-refractivity contribution in [2.75, 3.05) is 0 Å². The molecule has 1 nitrogen and oxygen atoms in total. The molecule has 0 saturated carbocycles. The van der Waals surface area contributed by atoms with Crippen LogP contribution in [0.15, 0.2) is 66.7 Å². The van der Waals surface area contributed by atoms with Crippen LogP contribution in [0.25, 0.3) is 32.9 Å². The van der Waals surface area contributed by atoms with E-state index in [1.165, 1.54) is 32.9 Å². The Bertz CT molecular complexity index is 904. The summed E-state index contributed by atoms with van der Waals surface area (Å²) in [5, 5.41) is 2.52. The van der Waals surface area contributed by atoms with Crippen LogP contribution in [0.1, 0.15) is 0 Å². The van der Waals surface area contributed by atoms with Gasteiger partial charge >= 0.3 is 0 Å². The Labute approximate surface area is 118 Å². The molecular weight excluding hydrogens is 241 g/mol. The highest BCUT2D eigenvalue weighted by molar-refractivity contribution is 6.32. The lowest BCUT2D eigenvalue weighted by molar-refractivity contribution is 1.54. The van der Waals surface area contributed by atoms with Crippen LogP contribution in [0.5, 0.6) is 0 Å². The third-order valence-corrected chi connectivity index (χ3v) is 3.76. The fourth-order valence-electron chi connectivity index (χ4n) is 2.78. The molecule has 0 bridgehead atoms. The quantitative estimate of drug-likeness (QED) is 0.497. The van der Waals surface area contributed by atoms with Gasteiger partial charge in [-0.1, -0.05) is 66.1 Å². The van der Waals surface area contributed by atoms with Crippen molar-refractivity contribution >= 4 is 35.1 Å². The average Bonchev–Trinajstić information content (AvgIpc) is 2.87. The molecule has 1 N–H and O–H groups in total. The molecule has 1 aromatic heterocycles. The summed E-state index contributed by atoms with van der Waals surface area (Å²) in [5.41, 5.74) is 5.52. The van der Waals surface area contributed by atoms with Crippen LogP contribution >= 0.6 is 0 Å². The third-order valence-electron chi connectivity index (χ3n) is 3.76. The number of nitrogens with one attached hydrogen (secondary N) is 1. The van der Waals surface area contributed by atoms with E-state index in [9.17, 15) is 0 Å². The van der Waals surface area contributed by atoms with Crippen LogP contribution in [-0.4, -0.2) is 12.8 Å². The van der Waals surface area contributed by atoms with Gasteiger partial charge < -0.3 is 4.98 Å². The zero-order chi connectivity index (χ0) is 13.5. The van der Waals surface area contributed by atoms with E-state index in [4.69, 9.17) is 7.85 Å². The Kier molecular flexibility index (Phi) is 2.43. The molecule has 0 aliphatic rings. The highest BCUT2D eigenvalue weighted by Gasteiger charge is 2.08. The van der Waals surface area contributed by atoms with Crippen molar-refractivity contribution in [3.8, 4) is 11.1 Å². The standard InChI is InChI=1S/C18H12BN/c19-13-10-8-12(9-11-13)14-5-3-6-16-15-4-1-2-7-17(15)20-18(14)16/h1-11,20H. The maximum Gasteiger partial charge on any atom is 0.113 e. The molecule has 0 aliphatic carbocycles. The number of para-hydroxylation sites is 2. The van der Waals surface area contributed by atoms with Crippen molar-refractivity contribution in [2.24, 2.45) is 0 Å². The summed E-state index contributed by atoms with van der Waals surface area (Å²) in [5.74, 6) is 0. The minimum atomic E-state index is 0.789. The first-order valence-electron chi connectivity index (χ1n) is 6.68. The lowest BCUT2D eigenvalue weighted by Gasteiger charge is -2.04. The summed E-state index contributed by atoms with van der Waals surface area (Å²) in [4.78, 5) is 3.53. The van der Waals surface area contributed by atoms with Crippen LogP contribution in [-0.2, 0) is 0 Å². The number of aromatic amines is 1. The molecule has 2 heteroatoms. The van der Waals surface area contributed by atoms with E-state index in [-0.39, 0.29) is 0 Å². The second kappa shape index (κ2) is 4.27. The van der Waals surface area contributed by atoms with Crippen LogP contribution in [0, 0.1) is 0 Å². The van der Waals surface area contributed by atoms with Crippen LogP contribution < -0.4 is 5.46 Å². The van der Waals surface area contributed by atoms with Crippen molar-refractivity contribution in [1.82, 2.24) is 4.98 Å². The molecule has 4 aromatic rings. The molecule has 0 atom stereocenters. The number of aromatic nitrogens is 1. The molecular formula is C18H12BN. The zero-order valence-corrected chi connectivity index (χ0v) is 10.9. The van der Waals surface area contributed by atoms with Gasteiger partial charge in [0.2, 0.25) is 0 Å². The van der Waals surface area contributed by atoms with Gasteiger partial charge in [-0.2, -0.15) is 0 Å². The Morgan fingerprint density at radius 1 is 0.700 bits per heavy atom. The minimum Gasteiger partial charge on any atom is -0.354 e. The SMILES string of the molecule is [B]c1ccc(-c2cccc3c2[nH]c2ccccc23)cc1. The Hall–Kier alpha value is -2.48. The molecule has 2 radical (unpaired) electrons. The van der Waals surface area contributed by atoms with Gasteiger partial charge in [-0.3, -0.25) is 0 Å². The van der Waals surface area contributed by atoms with E-state index in [2.05, 4.69) is 59.6 Å². The van der Waals surface area contributed by atoms with Gasteiger partial charge in [-0.05, 0) is 11.6 Å². The molecule has 0 unspecified atom stereocenters. The van der Waals surface area contributed by atoms with Gasteiger partial charge in [0.05, 0.1) is 5.52 Å². The number of fused-ring (bicyclic) bond motifs is 3. The first kappa shape index (κ1) is 11.4. The third kappa shape index (κ3) is 1.65. The normalized spacial score (nSPS) is 11.2. The predicted molar refractivity (Wildman–Crippen MR) is 86.6 cm³/mol. The van der Waals surface area contributed by atoms with Gasteiger partial charge in [0, 0.05) is 21.9 Å². The van der Waals surface area contributed by atoms with E-state index < -0.39 is 0 Å². The number of hydrogen-bond acceptors (Lipinski definition) is 0. The molecule has 3 aromatic carbocycles. The van der Waals surface area contributed by atoms with Crippen molar-refractivity contribution in [2.45, 2.75) is 0 Å². The fourth-order valence-corrected chi connectivity index (χ4v) is 2.78. The molecule has 92 valence electrons.